The van der Waals surface area contributed by atoms with E-state index in [1.807, 2.05) is 0 Å². The molecular weight excluding hydrogens is 451 g/mol. The third-order valence-corrected chi connectivity index (χ3v) is 5.80. The monoisotopic (exact) mass is 466 g/mol. The minimum absolute atomic E-state index is 0.164. The van der Waals surface area contributed by atoms with E-state index in [2.05, 4.69) is 5.32 Å². The highest BCUT2D eigenvalue weighted by molar-refractivity contribution is 7.92. The van der Waals surface area contributed by atoms with Gasteiger partial charge in [-0.25, -0.2) is 8.42 Å². The lowest BCUT2D eigenvalue weighted by molar-refractivity contribution is -0.114. The number of carbonyl (C=O) groups excluding carboxylic acids is 1. The Bertz CT molecular complexity index is 999. The van der Waals surface area contributed by atoms with E-state index >= 15 is 0 Å². The number of rotatable bonds is 7. The number of sulfonamides is 1. The van der Waals surface area contributed by atoms with Gasteiger partial charge in [-0.15, -0.1) is 0 Å². The second-order valence-corrected chi connectivity index (χ2v) is 8.73. The van der Waals surface area contributed by atoms with Gasteiger partial charge in [-0.3, -0.25) is 9.10 Å². The summed E-state index contributed by atoms with van der Waals surface area (Å²) in [5.74, 6) is 0.000912. The van der Waals surface area contributed by atoms with Crippen LogP contribution in [0.5, 0.6) is 11.5 Å². The van der Waals surface area contributed by atoms with Crippen molar-refractivity contribution in [2.45, 2.75) is 0 Å². The van der Waals surface area contributed by atoms with Crippen LogP contribution >= 0.6 is 34.8 Å². The molecule has 2 rings (SSSR count). The highest BCUT2D eigenvalue weighted by Gasteiger charge is 2.22. The van der Waals surface area contributed by atoms with E-state index in [1.54, 1.807) is 0 Å². The minimum atomic E-state index is -3.78. The summed E-state index contributed by atoms with van der Waals surface area (Å²) >= 11 is 17.9. The number of hydrogen-bond acceptors (Lipinski definition) is 5. The molecule has 0 heterocycles. The lowest BCUT2D eigenvalue weighted by Gasteiger charge is -2.22. The minimum Gasteiger partial charge on any atom is -0.495 e. The van der Waals surface area contributed by atoms with E-state index in [0.29, 0.717) is 16.5 Å². The maximum atomic E-state index is 12.5. The molecule has 2 aromatic carbocycles. The average Bonchev–Trinajstić information content (AvgIpc) is 2.62. The first-order valence-electron chi connectivity index (χ1n) is 7.71. The zero-order valence-corrected chi connectivity index (χ0v) is 18.2. The molecule has 0 fully saturated rings. The van der Waals surface area contributed by atoms with Gasteiger partial charge in [-0.1, -0.05) is 34.8 Å². The highest BCUT2D eigenvalue weighted by Crippen LogP contribution is 2.36. The lowest BCUT2D eigenvalue weighted by Crippen LogP contribution is -2.37. The van der Waals surface area contributed by atoms with Crippen molar-refractivity contribution in [3.63, 3.8) is 0 Å². The number of ether oxygens (including phenoxy) is 2. The average molecular weight is 468 g/mol. The molecule has 0 bridgehead atoms. The van der Waals surface area contributed by atoms with Gasteiger partial charge < -0.3 is 14.8 Å². The Balaban J connectivity index is 2.31. The number of anilines is 2. The zero-order chi connectivity index (χ0) is 21.1. The summed E-state index contributed by atoms with van der Waals surface area (Å²) in [5.41, 5.74) is 0.476. The van der Waals surface area contributed by atoms with Gasteiger partial charge in [0.25, 0.3) is 0 Å². The molecule has 2 aromatic rings. The largest absolute Gasteiger partial charge is 0.495 e. The summed E-state index contributed by atoms with van der Waals surface area (Å²) in [6, 6.07) is 7.22. The van der Waals surface area contributed by atoms with Crippen molar-refractivity contribution in [2.75, 3.05) is 36.6 Å². The Morgan fingerprint density at radius 3 is 2.18 bits per heavy atom. The van der Waals surface area contributed by atoms with Crippen molar-refractivity contribution in [1.29, 1.82) is 0 Å². The van der Waals surface area contributed by atoms with Gasteiger partial charge >= 0.3 is 0 Å². The standard InChI is InChI=1S/C17H17Cl3N2O5S/c1-26-15-8-14(16(27-2)7-13(15)20)21-17(23)9-22(28(3,24)25)10-4-5-11(18)12(19)6-10/h4-8H,9H2,1-3H3,(H,21,23). The van der Waals surface area contributed by atoms with E-state index in [9.17, 15) is 13.2 Å². The molecule has 0 saturated heterocycles. The molecule has 0 unspecified atom stereocenters. The van der Waals surface area contributed by atoms with Crippen LogP contribution in [-0.4, -0.2) is 41.3 Å². The molecule has 0 radical (unpaired) electrons. The fraction of sp³-hybridized carbons (Fsp3) is 0.235. The summed E-state index contributed by atoms with van der Waals surface area (Å²) in [6.07, 6.45) is 0.981. The first-order chi connectivity index (χ1) is 13.1. The van der Waals surface area contributed by atoms with E-state index in [4.69, 9.17) is 44.3 Å². The van der Waals surface area contributed by atoms with Crippen LogP contribution in [0.25, 0.3) is 0 Å². The van der Waals surface area contributed by atoms with Crippen molar-refractivity contribution in [3.8, 4) is 11.5 Å². The van der Waals surface area contributed by atoms with Crippen LogP contribution in [0.4, 0.5) is 11.4 Å². The molecule has 0 aliphatic rings. The van der Waals surface area contributed by atoms with Gasteiger partial charge in [0.2, 0.25) is 15.9 Å². The molecule has 0 aliphatic heterocycles. The van der Waals surface area contributed by atoms with Gasteiger partial charge in [0, 0.05) is 12.1 Å². The molecular formula is C17H17Cl3N2O5S. The van der Waals surface area contributed by atoms with E-state index < -0.39 is 22.5 Å². The van der Waals surface area contributed by atoms with Crippen LogP contribution in [0.3, 0.4) is 0 Å². The number of amides is 1. The summed E-state index contributed by atoms with van der Waals surface area (Å²) in [6.45, 7) is -0.495. The number of benzene rings is 2. The predicted molar refractivity (Wildman–Crippen MR) is 112 cm³/mol. The van der Waals surface area contributed by atoms with Crippen LogP contribution < -0.4 is 19.1 Å². The fourth-order valence-electron chi connectivity index (χ4n) is 2.32. The van der Waals surface area contributed by atoms with Crippen molar-refractivity contribution in [1.82, 2.24) is 0 Å². The van der Waals surface area contributed by atoms with Crippen LogP contribution in [0.2, 0.25) is 15.1 Å². The fourth-order valence-corrected chi connectivity index (χ4v) is 3.69. The van der Waals surface area contributed by atoms with Crippen molar-refractivity contribution < 1.29 is 22.7 Å². The molecule has 7 nitrogen and oxygen atoms in total. The number of nitrogens with one attached hydrogen (secondary N) is 1. The van der Waals surface area contributed by atoms with Crippen LogP contribution in [-0.2, 0) is 14.8 Å². The quantitative estimate of drug-likeness (QED) is 0.663. The summed E-state index contributed by atoms with van der Waals surface area (Å²) < 4.78 is 35.6. The van der Waals surface area contributed by atoms with E-state index in [-0.39, 0.29) is 21.4 Å². The summed E-state index contributed by atoms with van der Waals surface area (Å²) in [4.78, 5) is 12.5. The van der Waals surface area contributed by atoms with Crippen LogP contribution in [0.1, 0.15) is 0 Å². The second kappa shape index (κ2) is 9.09. The topological polar surface area (TPSA) is 84.9 Å². The molecule has 1 N–H and O–H groups in total. The molecule has 0 saturated carbocycles. The van der Waals surface area contributed by atoms with Gasteiger partial charge in [0.05, 0.1) is 46.9 Å². The number of hydrogen-bond donors (Lipinski definition) is 1. The molecule has 0 aliphatic carbocycles. The van der Waals surface area contributed by atoms with Gasteiger partial charge in [-0.05, 0) is 18.2 Å². The van der Waals surface area contributed by atoms with Gasteiger partial charge in [-0.2, -0.15) is 0 Å². The van der Waals surface area contributed by atoms with Crippen molar-refractivity contribution in [3.05, 3.63) is 45.4 Å². The summed E-state index contributed by atoms with van der Waals surface area (Å²) in [5, 5.41) is 3.32. The first kappa shape index (κ1) is 22.4. The Labute approximate surface area is 178 Å². The molecule has 0 atom stereocenters. The Morgan fingerprint density at radius 2 is 1.64 bits per heavy atom. The Hall–Kier alpha value is -1.87. The predicted octanol–water partition coefficient (Wildman–Crippen LogP) is 4.07. The zero-order valence-electron chi connectivity index (χ0n) is 15.1. The number of methoxy groups -OCH3 is 2. The lowest BCUT2D eigenvalue weighted by atomic mass is 10.2. The first-order valence-corrected chi connectivity index (χ1v) is 10.7. The Morgan fingerprint density at radius 1 is 1.00 bits per heavy atom. The molecule has 28 heavy (non-hydrogen) atoms. The number of nitrogens with zero attached hydrogens (tertiary/aromatic N) is 1. The SMILES string of the molecule is COc1cc(NC(=O)CN(c2ccc(Cl)c(Cl)c2)S(C)(=O)=O)c(OC)cc1Cl. The molecule has 152 valence electrons. The van der Waals surface area contributed by atoms with Crippen molar-refractivity contribution in [2.24, 2.45) is 0 Å². The molecule has 0 spiro atoms. The molecule has 11 heteroatoms. The maximum absolute atomic E-state index is 12.5. The molecule has 1 amide bonds. The second-order valence-electron chi connectivity index (χ2n) is 5.60. The normalized spacial score (nSPS) is 11.1. The summed E-state index contributed by atoms with van der Waals surface area (Å²) in [7, 11) is -0.942. The molecule has 0 aromatic heterocycles. The number of carbonyl (C=O) groups is 1. The van der Waals surface area contributed by atoms with E-state index in [1.165, 1.54) is 44.6 Å². The van der Waals surface area contributed by atoms with Gasteiger partial charge in [0.1, 0.15) is 18.0 Å². The highest BCUT2D eigenvalue weighted by atomic mass is 35.5. The van der Waals surface area contributed by atoms with Crippen LogP contribution in [0.15, 0.2) is 30.3 Å². The third-order valence-electron chi connectivity index (χ3n) is 3.63. The smallest absolute Gasteiger partial charge is 0.245 e. The van der Waals surface area contributed by atoms with Crippen molar-refractivity contribution >= 4 is 62.1 Å². The maximum Gasteiger partial charge on any atom is 0.245 e. The van der Waals surface area contributed by atoms with Crippen LogP contribution in [0, 0.1) is 0 Å². The third kappa shape index (κ3) is 5.35. The van der Waals surface area contributed by atoms with E-state index in [0.717, 1.165) is 10.6 Å². The Kier molecular flexibility index (Phi) is 7.28. The van der Waals surface area contributed by atoms with Gasteiger partial charge in [0.15, 0.2) is 0 Å². The number of halogens is 3.